The highest BCUT2D eigenvalue weighted by Gasteiger charge is 2.36. The van der Waals surface area contributed by atoms with Crippen LogP contribution in [0, 0.1) is 5.92 Å². The lowest BCUT2D eigenvalue weighted by Gasteiger charge is -2.31. The number of hydrogen-bond donors (Lipinski definition) is 1. The van der Waals surface area contributed by atoms with Gasteiger partial charge in [-0.1, -0.05) is 42.5 Å². The van der Waals surface area contributed by atoms with E-state index in [-0.39, 0.29) is 11.8 Å². The van der Waals surface area contributed by atoms with Crippen LogP contribution in [0.15, 0.2) is 12.1 Å². The SMILES string of the molecule is CS(=O)(=O)Nc1cc(Cl)c(CC2CCN(C3CCCCC3)C2=O)c(Cl)c1. The quantitative estimate of drug-likeness (QED) is 0.782. The van der Waals surface area contributed by atoms with Gasteiger partial charge in [0, 0.05) is 28.5 Å². The van der Waals surface area contributed by atoms with E-state index in [1.54, 1.807) is 12.1 Å². The average Bonchev–Trinajstić information content (AvgIpc) is 2.91. The molecule has 1 saturated heterocycles. The molecule has 26 heavy (non-hydrogen) atoms. The minimum absolute atomic E-state index is 0.111. The van der Waals surface area contributed by atoms with Crippen LogP contribution in [0.4, 0.5) is 5.69 Å². The number of carbonyl (C=O) groups is 1. The first-order valence-corrected chi connectivity index (χ1v) is 11.7. The summed E-state index contributed by atoms with van der Waals surface area (Å²) >= 11 is 12.7. The summed E-state index contributed by atoms with van der Waals surface area (Å²) in [7, 11) is -3.40. The van der Waals surface area contributed by atoms with Crippen molar-refractivity contribution in [3.63, 3.8) is 0 Å². The predicted octanol–water partition coefficient (Wildman–Crippen LogP) is 4.09. The van der Waals surface area contributed by atoms with Crippen molar-refractivity contribution in [1.29, 1.82) is 0 Å². The molecule has 2 aliphatic rings. The van der Waals surface area contributed by atoms with Gasteiger partial charge in [0.15, 0.2) is 0 Å². The molecule has 1 aromatic carbocycles. The van der Waals surface area contributed by atoms with Gasteiger partial charge in [0.25, 0.3) is 0 Å². The number of nitrogens with one attached hydrogen (secondary N) is 1. The molecule has 0 radical (unpaired) electrons. The van der Waals surface area contributed by atoms with Gasteiger partial charge < -0.3 is 4.90 Å². The zero-order valence-electron chi connectivity index (χ0n) is 14.8. The first-order valence-electron chi connectivity index (χ1n) is 9.01. The number of halogens is 2. The molecular weight excluding hydrogens is 395 g/mol. The molecule has 1 aromatic rings. The fourth-order valence-electron chi connectivity index (χ4n) is 4.03. The molecule has 1 aliphatic carbocycles. The second kappa shape index (κ2) is 7.95. The molecule has 0 spiro atoms. The van der Waals surface area contributed by atoms with Crippen LogP contribution in [-0.4, -0.2) is 38.1 Å². The highest BCUT2D eigenvalue weighted by atomic mass is 35.5. The van der Waals surface area contributed by atoms with Crippen LogP contribution in [0.5, 0.6) is 0 Å². The van der Waals surface area contributed by atoms with Crippen molar-refractivity contribution >= 4 is 44.8 Å². The maximum atomic E-state index is 12.8. The third-order valence-electron chi connectivity index (χ3n) is 5.26. The Morgan fingerprint density at radius 3 is 2.31 bits per heavy atom. The van der Waals surface area contributed by atoms with E-state index >= 15 is 0 Å². The molecule has 2 fully saturated rings. The lowest BCUT2D eigenvalue weighted by Crippen LogP contribution is -2.39. The molecule has 1 N–H and O–H groups in total. The summed E-state index contributed by atoms with van der Waals surface area (Å²) < 4.78 is 25.1. The minimum Gasteiger partial charge on any atom is -0.339 e. The van der Waals surface area contributed by atoms with E-state index in [4.69, 9.17) is 23.2 Å². The van der Waals surface area contributed by atoms with Gasteiger partial charge in [0.1, 0.15) is 0 Å². The number of anilines is 1. The molecule has 1 saturated carbocycles. The van der Waals surface area contributed by atoms with E-state index in [0.29, 0.717) is 33.8 Å². The molecule has 1 heterocycles. The zero-order valence-corrected chi connectivity index (χ0v) is 17.1. The number of benzene rings is 1. The van der Waals surface area contributed by atoms with E-state index in [2.05, 4.69) is 4.72 Å². The zero-order chi connectivity index (χ0) is 18.9. The molecule has 144 valence electrons. The fraction of sp³-hybridized carbons (Fsp3) is 0.611. The smallest absolute Gasteiger partial charge is 0.229 e. The monoisotopic (exact) mass is 418 g/mol. The van der Waals surface area contributed by atoms with Crippen molar-refractivity contribution in [3.05, 3.63) is 27.7 Å². The van der Waals surface area contributed by atoms with E-state index in [9.17, 15) is 13.2 Å². The van der Waals surface area contributed by atoms with Crippen molar-refractivity contribution in [3.8, 4) is 0 Å². The number of hydrogen-bond acceptors (Lipinski definition) is 3. The molecule has 0 bridgehead atoms. The number of nitrogens with zero attached hydrogens (tertiary/aromatic N) is 1. The van der Waals surface area contributed by atoms with Crippen LogP contribution in [0.25, 0.3) is 0 Å². The van der Waals surface area contributed by atoms with E-state index in [0.717, 1.165) is 32.1 Å². The van der Waals surface area contributed by atoms with Crippen molar-refractivity contribution in [2.75, 3.05) is 17.5 Å². The van der Waals surface area contributed by atoms with Crippen LogP contribution >= 0.6 is 23.2 Å². The molecule has 5 nitrogen and oxygen atoms in total. The van der Waals surface area contributed by atoms with Gasteiger partial charge in [-0.25, -0.2) is 8.42 Å². The van der Waals surface area contributed by atoms with Crippen molar-refractivity contribution < 1.29 is 13.2 Å². The Hall–Kier alpha value is -0.980. The average molecular weight is 419 g/mol. The predicted molar refractivity (Wildman–Crippen MR) is 105 cm³/mol. The Kier molecular flexibility index (Phi) is 6.04. The first-order chi connectivity index (χ1) is 12.2. The van der Waals surface area contributed by atoms with Gasteiger partial charge in [-0.3, -0.25) is 9.52 Å². The van der Waals surface area contributed by atoms with Gasteiger partial charge in [-0.15, -0.1) is 0 Å². The number of rotatable bonds is 5. The molecule has 3 rings (SSSR count). The van der Waals surface area contributed by atoms with Crippen LogP contribution in [-0.2, 0) is 21.2 Å². The molecule has 1 atom stereocenters. The Morgan fingerprint density at radius 2 is 1.73 bits per heavy atom. The number of carbonyl (C=O) groups excluding carboxylic acids is 1. The number of likely N-dealkylation sites (tertiary alicyclic amines) is 1. The van der Waals surface area contributed by atoms with Gasteiger partial charge in [-0.05, 0) is 43.4 Å². The molecule has 1 aliphatic heterocycles. The summed E-state index contributed by atoms with van der Waals surface area (Å²) in [6.07, 6.45) is 8.24. The summed E-state index contributed by atoms with van der Waals surface area (Å²) in [5.41, 5.74) is 1.03. The summed E-state index contributed by atoms with van der Waals surface area (Å²) in [4.78, 5) is 14.9. The van der Waals surface area contributed by atoms with Gasteiger partial charge >= 0.3 is 0 Å². The lowest BCUT2D eigenvalue weighted by atomic mass is 9.94. The third kappa shape index (κ3) is 4.65. The van der Waals surface area contributed by atoms with Crippen LogP contribution < -0.4 is 4.72 Å². The molecule has 0 aromatic heterocycles. The van der Waals surface area contributed by atoms with E-state index in [1.165, 1.54) is 19.3 Å². The van der Waals surface area contributed by atoms with E-state index in [1.807, 2.05) is 4.90 Å². The highest BCUT2D eigenvalue weighted by Crippen LogP contribution is 2.35. The largest absolute Gasteiger partial charge is 0.339 e. The second-order valence-corrected chi connectivity index (χ2v) is 9.87. The summed E-state index contributed by atoms with van der Waals surface area (Å²) in [5, 5.41) is 0.764. The molecule has 1 unspecified atom stereocenters. The summed E-state index contributed by atoms with van der Waals surface area (Å²) in [6, 6.07) is 3.47. The van der Waals surface area contributed by atoms with Gasteiger partial charge in [0.2, 0.25) is 15.9 Å². The Balaban J connectivity index is 1.72. The van der Waals surface area contributed by atoms with Crippen LogP contribution in [0.1, 0.15) is 44.1 Å². The maximum Gasteiger partial charge on any atom is 0.229 e. The van der Waals surface area contributed by atoms with Gasteiger partial charge in [0.05, 0.1) is 11.9 Å². The summed E-state index contributed by atoms with van der Waals surface area (Å²) in [5.74, 6) is 0.0861. The molecule has 1 amide bonds. The molecular formula is C18H24Cl2N2O3S. The van der Waals surface area contributed by atoms with Gasteiger partial charge in [-0.2, -0.15) is 0 Å². The Morgan fingerprint density at radius 1 is 1.12 bits per heavy atom. The second-order valence-electron chi connectivity index (χ2n) is 7.31. The minimum atomic E-state index is -3.40. The van der Waals surface area contributed by atoms with Crippen LogP contribution in [0.2, 0.25) is 10.0 Å². The lowest BCUT2D eigenvalue weighted by molar-refractivity contribution is -0.133. The normalized spacial score (nSPS) is 22.0. The highest BCUT2D eigenvalue weighted by molar-refractivity contribution is 7.92. The fourth-order valence-corrected chi connectivity index (χ4v) is 5.21. The third-order valence-corrected chi connectivity index (χ3v) is 6.54. The van der Waals surface area contributed by atoms with E-state index < -0.39 is 10.0 Å². The topological polar surface area (TPSA) is 66.5 Å². The standard InChI is InChI=1S/C18H24Cl2N2O3S/c1-26(24,25)21-13-10-16(19)15(17(20)11-13)9-12-7-8-22(18(12)23)14-5-3-2-4-6-14/h10-12,14,21H,2-9H2,1H3. The number of amides is 1. The number of sulfonamides is 1. The van der Waals surface area contributed by atoms with Crippen LogP contribution in [0.3, 0.4) is 0 Å². The Bertz CT molecular complexity index is 769. The van der Waals surface area contributed by atoms with Crippen molar-refractivity contribution in [1.82, 2.24) is 4.90 Å². The van der Waals surface area contributed by atoms with Crippen molar-refractivity contribution in [2.24, 2.45) is 5.92 Å². The Labute approximate surface area is 165 Å². The maximum absolute atomic E-state index is 12.8. The summed E-state index contributed by atoms with van der Waals surface area (Å²) in [6.45, 7) is 0.803. The first kappa shape index (κ1) is 19.8. The van der Waals surface area contributed by atoms with Crippen molar-refractivity contribution in [2.45, 2.75) is 51.0 Å². The molecule has 8 heteroatoms.